The third-order valence-corrected chi connectivity index (χ3v) is 7.70. The van der Waals surface area contributed by atoms with E-state index in [0.29, 0.717) is 4.32 Å². The number of thiocarbonyl (C=S) groups is 1. The second kappa shape index (κ2) is 11.1. The number of halogens is 3. The molecule has 34 heavy (non-hydrogen) atoms. The molecule has 0 aliphatic carbocycles. The Balaban J connectivity index is 1.36. The molecule has 1 aromatic heterocycles. The fourth-order valence-corrected chi connectivity index (χ4v) is 5.33. The quantitative estimate of drug-likeness (QED) is 0.471. The minimum absolute atomic E-state index is 0.00696. The highest BCUT2D eigenvalue weighted by Gasteiger charge is 2.35. The zero-order valence-corrected chi connectivity index (χ0v) is 20.7. The fraction of sp³-hybridized carbons (Fsp3) is 0.348. The standard InChI is InChI=1S/C23H24ClF2N5OS2/c24-18-3-1-17(2-4-18)12-29-7-9-30(10-8-29)22(33)34-14-23(32,13-31-16-27-15-28-31)20-6-5-19(25)11-21(20)26/h1-6,11,15-16,32H,7-10,12-14H2. The summed E-state index contributed by atoms with van der Waals surface area (Å²) in [6.45, 7) is 4.00. The number of aromatic nitrogens is 3. The van der Waals surface area contributed by atoms with Crippen LogP contribution in [0.15, 0.2) is 55.1 Å². The lowest BCUT2D eigenvalue weighted by Gasteiger charge is -2.36. The van der Waals surface area contributed by atoms with Gasteiger partial charge >= 0.3 is 0 Å². The zero-order valence-electron chi connectivity index (χ0n) is 18.3. The van der Waals surface area contributed by atoms with Crippen LogP contribution in [0.3, 0.4) is 0 Å². The van der Waals surface area contributed by atoms with E-state index in [1.165, 1.54) is 40.7 Å². The van der Waals surface area contributed by atoms with Gasteiger partial charge in [0.25, 0.3) is 0 Å². The van der Waals surface area contributed by atoms with Crippen LogP contribution >= 0.6 is 35.6 Å². The van der Waals surface area contributed by atoms with Gasteiger partial charge in [-0.3, -0.25) is 4.90 Å². The predicted octanol–water partition coefficient (Wildman–Crippen LogP) is 3.93. The Morgan fingerprint density at radius 3 is 2.50 bits per heavy atom. The normalized spacial score (nSPS) is 16.4. The molecule has 1 unspecified atom stereocenters. The number of hydrogen-bond donors (Lipinski definition) is 1. The Bertz CT molecular complexity index is 1110. The summed E-state index contributed by atoms with van der Waals surface area (Å²) in [5.74, 6) is -1.44. The molecule has 0 amide bonds. The molecule has 1 atom stereocenters. The van der Waals surface area contributed by atoms with Crippen molar-refractivity contribution in [2.45, 2.75) is 18.7 Å². The van der Waals surface area contributed by atoms with Crippen molar-refractivity contribution >= 4 is 39.9 Å². The molecule has 6 nitrogen and oxygen atoms in total. The van der Waals surface area contributed by atoms with E-state index < -0.39 is 17.2 Å². The first-order valence-corrected chi connectivity index (χ1v) is 12.5. The van der Waals surface area contributed by atoms with Crippen LogP contribution < -0.4 is 0 Å². The third-order valence-electron chi connectivity index (χ3n) is 5.71. The van der Waals surface area contributed by atoms with Crippen LogP contribution in [0.1, 0.15) is 11.1 Å². The van der Waals surface area contributed by atoms with E-state index in [9.17, 15) is 13.9 Å². The van der Waals surface area contributed by atoms with Gasteiger partial charge in [0.15, 0.2) is 0 Å². The van der Waals surface area contributed by atoms with Crippen molar-refractivity contribution in [3.63, 3.8) is 0 Å². The van der Waals surface area contributed by atoms with Crippen molar-refractivity contribution in [3.05, 3.63) is 82.9 Å². The molecule has 2 heterocycles. The molecule has 0 radical (unpaired) electrons. The molecule has 1 fully saturated rings. The maximum Gasteiger partial charge on any atom is 0.137 e. The number of piperazine rings is 1. The Kier molecular flexibility index (Phi) is 8.15. The third kappa shape index (κ3) is 6.31. The minimum Gasteiger partial charge on any atom is -0.382 e. The Morgan fingerprint density at radius 2 is 1.85 bits per heavy atom. The Labute approximate surface area is 211 Å². The molecule has 0 bridgehead atoms. The van der Waals surface area contributed by atoms with Gasteiger partial charge in [0.05, 0.1) is 6.54 Å². The molecule has 4 rings (SSSR count). The van der Waals surface area contributed by atoms with E-state index in [2.05, 4.69) is 19.9 Å². The van der Waals surface area contributed by atoms with Gasteiger partial charge in [-0.15, -0.1) is 0 Å². The summed E-state index contributed by atoms with van der Waals surface area (Å²) in [6.07, 6.45) is 2.78. The van der Waals surface area contributed by atoms with Gasteiger partial charge in [-0.2, -0.15) is 5.10 Å². The second-order valence-corrected chi connectivity index (χ2v) is 10.2. The van der Waals surface area contributed by atoms with Gasteiger partial charge in [0.1, 0.15) is 34.2 Å². The molecular weight excluding hydrogens is 500 g/mol. The average molecular weight is 524 g/mol. The van der Waals surface area contributed by atoms with E-state index in [1.807, 2.05) is 24.3 Å². The van der Waals surface area contributed by atoms with E-state index in [-0.39, 0.29) is 17.9 Å². The van der Waals surface area contributed by atoms with Gasteiger partial charge in [0.2, 0.25) is 0 Å². The summed E-state index contributed by atoms with van der Waals surface area (Å²) in [7, 11) is 0. The van der Waals surface area contributed by atoms with Gasteiger partial charge in [-0.25, -0.2) is 18.4 Å². The van der Waals surface area contributed by atoms with Crippen LogP contribution in [-0.4, -0.2) is 65.9 Å². The molecule has 3 aromatic rings. The number of aliphatic hydroxyl groups is 1. The molecule has 2 aromatic carbocycles. The van der Waals surface area contributed by atoms with Crippen molar-refractivity contribution in [2.24, 2.45) is 0 Å². The first-order valence-electron chi connectivity index (χ1n) is 10.7. The summed E-state index contributed by atoms with van der Waals surface area (Å²) in [5, 5.41) is 16.2. The van der Waals surface area contributed by atoms with Gasteiger partial charge in [-0.05, 0) is 23.8 Å². The summed E-state index contributed by atoms with van der Waals surface area (Å²) in [4.78, 5) is 8.32. The smallest absolute Gasteiger partial charge is 0.137 e. The second-order valence-electron chi connectivity index (χ2n) is 8.19. The van der Waals surface area contributed by atoms with Gasteiger partial charge in [-0.1, -0.05) is 53.8 Å². The highest BCUT2D eigenvalue weighted by molar-refractivity contribution is 8.22. The van der Waals surface area contributed by atoms with Crippen LogP contribution in [0.25, 0.3) is 0 Å². The SMILES string of the molecule is OC(CSC(=S)N1CCN(Cc2ccc(Cl)cc2)CC1)(Cn1cncn1)c1ccc(F)cc1F. The maximum atomic E-state index is 14.6. The number of benzene rings is 2. The number of rotatable bonds is 7. The number of hydrogen-bond acceptors (Lipinski definition) is 6. The average Bonchev–Trinajstić information content (AvgIpc) is 3.32. The van der Waals surface area contributed by atoms with Crippen molar-refractivity contribution in [2.75, 3.05) is 31.9 Å². The summed E-state index contributed by atoms with van der Waals surface area (Å²) in [6, 6.07) is 11.0. The number of thioether (sulfide) groups is 1. The van der Waals surface area contributed by atoms with Crippen LogP contribution in [0, 0.1) is 11.6 Å². The largest absolute Gasteiger partial charge is 0.382 e. The molecule has 1 N–H and O–H groups in total. The highest BCUT2D eigenvalue weighted by atomic mass is 35.5. The van der Waals surface area contributed by atoms with E-state index >= 15 is 0 Å². The fourth-order valence-electron chi connectivity index (χ4n) is 3.87. The van der Waals surface area contributed by atoms with Crippen LogP contribution in [0.2, 0.25) is 5.02 Å². The van der Waals surface area contributed by atoms with Gasteiger partial charge in [0, 0.05) is 55.1 Å². The lowest BCUT2D eigenvalue weighted by Crippen LogP contribution is -2.47. The van der Waals surface area contributed by atoms with Crippen molar-refractivity contribution in [1.82, 2.24) is 24.6 Å². The first-order chi connectivity index (χ1) is 16.3. The van der Waals surface area contributed by atoms with E-state index in [4.69, 9.17) is 23.8 Å². The maximum absolute atomic E-state index is 14.6. The molecule has 1 aliphatic rings. The zero-order chi connectivity index (χ0) is 24.1. The van der Waals surface area contributed by atoms with Crippen molar-refractivity contribution in [1.29, 1.82) is 0 Å². The lowest BCUT2D eigenvalue weighted by atomic mass is 9.95. The molecule has 1 aliphatic heterocycles. The van der Waals surface area contributed by atoms with Crippen molar-refractivity contribution in [3.8, 4) is 0 Å². The van der Waals surface area contributed by atoms with Gasteiger partial charge < -0.3 is 10.0 Å². The van der Waals surface area contributed by atoms with Crippen LogP contribution in [0.4, 0.5) is 8.78 Å². The molecule has 0 spiro atoms. The first kappa shape index (κ1) is 25.0. The molecule has 180 valence electrons. The Hall–Kier alpha value is -2.11. The van der Waals surface area contributed by atoms with Crippen LogP contribution in [-0.2, 0) is 18.7 Å². The molecule has 1 saturated heterocycles. The minimum atomic E-state index is -1.66. The predicted molar refractivity (Wildman–Crippen MR) is 134 cm³/mol. The van der Waals surface area contributed by atoms with E-state index in [1.54, 1.807) is 0 Å². The summed E-state index contributed by atoms with van der Waals surface area (Å²) >= 11 is 12.9. The van der Waals surface area contributed by atoms with Crippen molar-refractivity contribution < 1.29 is 13.9 Å². The topological polar surface area (TPSA) is 57.4 Å². The molecule has 11 heteroatoms. The summed E-state index contributed by atoms with van der Waals surface area (Å²) in [5.41, 5.74) is -0.460. The molecular formula is C23H24ClF2N5OS2. The summed E-state index contributed by atoms with van der Waals surface area (Å²) < 4.78 is 30.1. The van der Waals surface area contributed by atoms with E-state index in [0.717, 1.165) is 49.9 Å². The molecule has 0 saturated carbocycles. The van der Waals surface area contributed by atoms with Crippen LogP contribution in [0.5, 0.6) is 0 Å². The number of nitrogens with zero attached hydrogens (tertiary/aromatic N) is 5. The lowest BCUT2D eigenvalue weighted by molar-refractivity contribution is 0.0362. The Morgan fingerprint density at radius 1 is 1.12 bits per heavy atom. The highest BCUT2D eigenvalue weighted by Crippen LogP contribution is 2.31. The monoisotopic (exact) mass is 523 g/mol.